The Balaban J connectivity index is 2.18. The van der Waals surface area contributed by atoms with Crippen LogP contribution in [0.2, 0.25) is 5.02 Å². The van der Waals surface area contributed by atoms with Gasteiger partial charge in [0.1, 0.15) is 5.69 Å². The maximum absolute atomic E-state index is 12.4. The first-order valence-electron chi connectivity index (χ1n) is 7.52. The van der Waals surface area contributed by atoms with Crippen LogP contribution in [0, 0.1) is 19.8 Å². The lowest BCUT2D eigenvalue weighted by atomic mass is 10.2. The van der Waals surface area contributed by atoms with E-state index in [0.29, 0.717) is 28.3 Å². The van der Waals surface area contributed by atoms with Crippen molar-refractivity contribution in [3.05, 3.63) is 46.2 Å². The highest BCUT2D eigenvalue weighted by atomic mass is 35.5. The first-order chi connectivity index (χ1) is 10.8. The molecule has 0 fully saturated rings. The molecule has 0 unspecified atom stereocenters. The number of carbonyl (C=O) groups excluding carboxylic acids is 1. The van der Waals surface area contributed by atoms with Gasteiger partial charge in [0.05, 0.1) is 0 Å². The van der Waals surface area contributed by atoms with Crippen molar-refractivity contribution < 1.29 is 4.79 Å². The Kier molecular flexibility index (Phi) is 5.55. The van der Waals surface area contributed by atoms with E-state index in [2.05, 4.69) is 34.4 Å². The lowest BCUT2D eigenvalue weighted by Crippen LogP contribution is -2.18. The van der Waals surface area contributed by atoms with Gasteiger partial charge in [-0.2, -0.15) is 0 Å². The lowest BCUT2D eigenvalue weighted by molar-refractivity contribution is 0.102. The number of anilines is 2. The van der Waals surface area contributed by atoms with Crippen LogP contribution in [0.25, 0.3) is 0 Å². The molecule has 6 heteroatoms. The van der Waals surface area contributed by atoms with E-state index >= 15 is 0 Å². The van der Waals surface area contributed by atoms with Gasteiger partial charge >= 0.3 is 0 Å². The molecule has 0 atom stereocenters. The second kappa shape index (κ2) is 7.42. The fourth-order valence-electron chi connectivity index (χ4n) is 2.01. The second-order valence-corrected chi connectivity index (χ2v) is 6.34. The third-order valence-corrected chi connectivity index (χ3v) is 3.43. The summed E-state index contributed by atoms with van der Waals surface area (Å²) in [4.78, 5) is 21.0. The molecule has 0 aliphatic rings. The molecule has 2 aromatic rings. The fraction of sp³-hybridized carbons (Fsp3) is 0.353. The number of nitrogens with zero attached hydrogens (tertiary/aromatic N) is 2. The third kappa shape index (κ3) is 4.93. The number of hydrogen-bond donors (Lipinski definition) is 2. The molecule has 0 spiro atoms. The summed E-state index contributed by atoms with van der Waals surface area (Å²) in [7, 11) is 0. The molecule has 1 aromatic carbocycles. The number of hydrogen-bond acceptors (Lipinski definition) is 4. The Bertz CT molecular complexity index is 716. The van der Waals surface area contributed by atoms with E-state index in [9.17, 15) is 4.79 Å². The molecule has 0 aliphatic heterocycles. The summed E-state index contributed by atoms with van der Waals surface area (Å²) in [5.41, 5.74) is 2.68. The number of benzene rings is 1. The van der Waals surface area contributed by atoms with Crippen molar-refractivity contribution in [3.8, 4) is 0 Å². The summed E-state index contributed by atoms with van der Waals surface area (Å²) in [6.07, 6.45) is 0. The minimum Gasteiger partial charge on any atom is -0.354 e. The molecule has 0 saturated heterocycles. The Labute approximate surface area is 141 Å². The molecule has 2 rings (SSSR count). The maximum Gasteiger partial charge on any atom is 0.274 e. The number of nitrogens with one attached hydrogen (secondary N) is 2. The fourth-order valence-corrected chi connectivity index (χ4v) is 2.24. The predicted molar refractivity (Wildman–Crippen MR) is 94.2 cm³/mol. The molecule has 0 radical (unpaired) electrons. The molecule has 0 aliphatic carbocycles. The lowest BCUT2D eigenvalue weighted by Gasteiger charge is -2.11. The average Bonchev–Trinajstić information content (AvgIpc) is 2.47. The van der Waals surface area contributed by atoms with Gasteiger partial charge in [0.25, 0.3) is 5.91 Å². The molecular formula is C17H21ClN4O. The zero-order valence-electron chi connectivity index (χ0n) is 13.8. The smallest absolute Gasteiger partial charge is 0.274 e. The van der Waals surface area contributed by atoms with E-state index in [0.717, 1.165) is 17.8 Å². The number of amides is 1. The van der Waals surface area contributed by atoms with Crippen molar-refractivity contribution in [2.45, 2.75) is 27.7 Å². The minimum atomic E-state index is -0.270. The van der Waals surface area contributed by atoms with Gasteiger partial charge in [-0.1, -0.05) is 25.4 Å². The SMILES string of the molecule is Cc1cc(C(=O)Nc2ccc(Cl)cc2C)nc(NCC(C)C)n1. The van der Waals surface area contributed by atoms with Crippen molar-refractivity contribution in [1.29, 1.82) is 0 Å². The average molecular weight is 333 g/mol. The predicted octanol–water partition coefficient (Wildman–Crippen LogP) is 4.07. The van der Waals surface area contributed by atoms with E-state index in [-0.39, 0.29) is 5.91 Å². The van der Waals surface area contributed by atoms with E-state index in [1.165, 1.54) is 0 Å². The van der Waals surface area contributed by atoms with E-state index in [1.54, 1.807) is 24.3 Å². The molecule has 5 nitrogen and oxygen atoms in total. The van der Waals surface area contributed by atoms with Crippen molar-refractivity contribution in [3.63, 3.8) is 0 Å². The number of carbonyl (C=O) groups is 1. The molecular weight excluding hydrogens is 312 g/mol. The zero-order chi connectivity index (χ0) is 17.0. The van der Waals surface area contributed by atoms with Crippen LogP contribution in [-0.2, 0) is 0 Å². The van der Waals surface area contributed by atoms with Gasteiger partial charge in [-0.05, 0) is 49.6 Å². The van der Waals surface area contributed by atoms with Gasteiger partial charge < -0.3 is 10.6 Å². The first kappa shape index (κ1) is 17.2. The summed E-state index contributed by atoms with van der Waals surface area (Å²) in [6.45, 7) is 8.68. The van der Waals surface area contributed by atoms with Crippen LogP contribution in [0.1, 0.15) is 35.6 Å². The quantitative estimate of drug-likeness (QED) is 0.866. The van der Waals surface area contributed by atoms with Crippen molar-refractivity contribution in [2.75, 3.05) is 17.2 Å². The van der Waals surface area contributed by atoms with Crippen LogP contribution in [0.3, 0.4) is 0 Å². The Morgan fingerprint density at radius 3 is 2.61 bits per heavy atom. The van der Waals surface area contributed by atoms with Gasteiger partial charge in [-0.3, -0.25) is 4.79 Å². The summed E-state index contributed by atoms with van der Waals surface area (Å²) >= 11 is 5.93. The van der Waals surface area contributed by atoms with Crippen molar-refractivity contribution in [1.82, 2.24) is 9.97 Å². The van der Waals surface area contributed by atoms with Gasteiger partial charge in [0.2, 0.25) is 5.95 Å². The molecule has 23 heavy (non-hydrogen) atoms. The highest BCUT2D eigenvalue weighted by Gasteiger charge is 2.12. The van der Waals surface area contributed by atoms with Crippen LogP contribution in [-0.4, -0.2) is 22.4 Å². The molecule has 0 bridgehead atoms. The Morgan fingerprint density at radius 1 is 1.22 bits per heavy atom. The number of halogens is 1. The van der Waals surface area contributed by atoms with E-state index in [1.807, 2.05) is 13.8 Å². The van der Waals surface area contributed by atoms with E-state index in [4.69, 9.17) is 11.6 Å². The van der Waals surface area contributed by atoms with Gasteiger partial charge in [0.15, 0.2) is 0 Å². The molecule has 0 saturated carbocycles. The minimum absolute atomic E-state index is 0.270. The van der Waals surface area contributed by atoms with Crippen molar-refractivity contribution in [2.24, 2.45) is 5.92 Å². The van der Waals surface area contributed by atoms with E-state index < -0.39 is 0 Å². The second-order valence-electron chi connectivity index (χ2n) is 5.91. The number of aryl methyl sites for hydroxylation is 2. The highest BCUT2D eigenvalue weighted by molar-refractivity contribution is 6.30. The summed E-state index contributed by atoms with van der Waals surface area (Å²) in [6, 6.07) is 6.99. The largest absolute Gasteiger partial charge is 0.354 e. The monoisotopic (exact) mass is 332 g/mol. The number of aromatic nitrogens is 2. The van der Waals surface area contributed by atoms with Crippen LogP contribution < -0.4 is 10.6 Å². The maximum atomic E-state index is 12.4. The van der Waals surface area contributed by atoms with Gasteiger partial charge in [0, 0.05) is 22.9 Å². The van der Waals surface area contributed by atoms with Crippen LogP contribution in [0.5, 0.6) is 0 Å². The molecule has 122 valence electrons. The Morgan fingerprint density at radius 2 is 1.96 bits per heavy atom. The van der Waals surface area contributed by atoms with Crippen LogP contribution >= 0.6 is 11.6 Å². The van der Waals surface area contributed by atoms with Crippen LogP contribution in [0.4, 0.5) is 11.6 Å². The standard InChI is InChI=1S/C17H21ClN4O/c1-10(2)9-19-17-20-12(4)8-15(22-17)16(23)21-14-6-5-13(18)7-11(14)3/h5-8,10H,9H2,1-4H3,(H,21,23)(H,19,20,22). The zero-order valence-corrected chi connectivity index (χ0v) is 14.5. The van der Waals surface area contributed by atoms with Crippen molar-refractivity contribution >= 4 is 29.1 Å². The highest BCUT2D eigenvalue weighted by Crippen LogP contribution is 2.20. The van der Waals surface area contributed by atoms with Gasteiger partial charge in [-0.15, -0.1) is 0 Å². The Hall–Kier alpha value is -2.14. The summed E-state index contributed by atoms with van der Waals surface area (Å²) in [5, 5.41) is 6.64. The molecule has 1 aromatic heterocycles. The molecule has 1 heterocycles. The normalized spacial score (nSPS) is 10.7. The van der Waals surface area contributed by atoms with Crippen LogP contribution in [0.15, 0.2) is 24.3 Å². The first-order valence-corrected chi connectivity index (χ1v) is 7.90. The third-order valence-electron chi connectivity index (χ3n) is 3.19. The summed E-state index contributed by atoms with van der Waals surface area (Å²) in [5.74, 6) is 0.665. The number of rotatable bonds is 5. The molecule has 1 amide bonds. The topological polar surface area (TPSA) is 66.9 Å². The molecule has 2 N–H and O–H groups in total. The summed E-state index contributed by atoms with van der Waals surface area (Å²) < 4.78 is 0. The van der Waals surface area contributed by atoms with Gasteiger partial charge in [-0.25, -0.2) is 9.97 Å².